The second-order valence-electron chi connectivity index (χ2n) is 7.50. The molecule has 174 valence electrons. The van der Waals surface area contributed by atoms with Gasteiger partial charge in [0.2, 0.25) is 5.91 Å². The lowest BCUT2D eigenvalue weighted by atomic mass is 10.2. The minimum atomic E-state index is -0.411. The zero-order chi connectivity index (χ0) is 24.2. The van der Waals surface area contributed by atoms with E-state index in [2.05, 4.69) is 10.3 Å². The van der Waals surface area contributed by atoms with Crippen LogP contribution in [0.1, 0.15) is 29.5 Å². The van der Waals surface area contributed by atoms with E-state index in [1.165, 1.54) is 15.9 Å². The Hall–Kier alpha value is -3.63. The van der Waals surface area contributed by atoms with Crippen molar-refractivity contribution in [3.63, 3.8) is 0 Å². The summed E-state index contributed by atoms with van der Waals surface area (Å²) in [6, 6.07) is 15.9. The first-order chi connectivity index (χ1) is 16.4. The zero-order valence-electron chi connectivity index (χ0n) is 18.6. The van der Waals surface area contributed by atoms with Crippen molar-refractivity contribution in [1.82, 2.24) is 14.1 Å². The molecule has 0 unspecified atom stereocenters. The van der Waals surface area contributed by atoms with Gasteiger partial charge in [0.15, 0.2) is 9.60 Å². The summed E-state index contributed by atoms with van der Waals surface area (Å²) >= 11 is 6.66. The number of carbonyl (C=O) groups excluding carboxylic acids is 2. The van der Waals surface area contributed by atoms with Gasteiger partial charge in [0.1, 0.15) is 17.1 Å². The molecule has 0 atom stereocenters. The number of esters is 1. The molecule has 0 fully saturated rings. The number of aryl methyl sites for hydroxylation is 1. The molecule has 8 nitrogen and oxygen atoms in total. The summed E-state index contributed by atoms with van der Waals surface area (Å²) in [6.07, 6.45) is 0.741. The first kappa shape index (κ1) is 23.5. The molecule has 0 radical (unpaired) electrons. The Morgan fingerprint density at radius 2 is 1.82 bits per heavy atom. The lowest BCUT2D eigenvalue weighted by Gasteiger charge is -2.11. The molecule has 1 N–H and O–H groups in total. The summed E-state index contributed by atoms with van der Waals surface area (Å²) < 4.78 is 9.09. The molecule has 2 aromatic heterocycles. The standard InChI is InChI=1S/C24H22N4O4S2/c1-3-13-32-23(31)16-9-11-17(12-10-16)26-19(29)14-27-15(2)25-21-20(22(27)30)34-24(33)28(21)18-7-5-4-6-8-18/h4-12H,3,13-14H2,1-2H3,(H,26,29). The Morgan fingerprint density at radius 1 is 1.12 bits per heavy atom. The topological polar surface area (TPSA) is 95.2 Å². The Bertz CT molecular complexity index is 1470. The average molecular weight is 495 g/mol. The predicted molar refractivity (Wildman–Crippen MR) is 134 cm³/mol. The van der Waals surface area contributed by atoms with Crippen LogP contribution in [0, 0.1) is 10.9 Å². The molecule has 2 aromatic carbocycles. The molecule has 0 aliphatic heterocycles. The molecule has 4 rings (SSSR count). The van der Waals surface area contributed by atoms with E-state index in [1.807, 2.05) is 37.3 Å². The van der Waals surface area contributed by atoms with Crippen LogP contribution in [0.15, 0.2) is 59.4 Å². The van der Waals surface area contributed by atoms with E-state index in [1.54, 1.807) is 35.8 Å². The molecule has 0 saturated carbocycles. The maximum absolute atomic E-state index is 13.2. The monoisotopic (exact) mass is 494 g/mol. The minimum absolute atomic E-state index is 0.204. The highest BCUT2D eigenvalue weighted by Crippen LogP contribution is 2.23. The van der Waals surface area contributed by atoms with E-state index in [9.17, 15) is 14.4 Å². The van der Waals surface area contributed by atoms with Gasteiger partial charge in [-0.2, -0.15) is 0 Å². The zero-order valence-corrected chi connectivity index (χ0v) is 20.2. The molecule has 0 saturated heterocycles. The molecule has 0 aliphatic rings. The van der Waals surface area contributed by atoms with Crippen molar-refractivity contribution in [2.45, 2.75) is 26.8 Å². The molecule has 0 aliphatic carbocycles. The Balaban J connectivity index is 1.56. The molecule has 10 heteroatoms. The van der Waals surface area contributed by atoms with E-state index in [-0.39, 0.29) is 12.1 Å². The van der Waals surface area contributed by atoms with Gasteiger partial charge in [0.25, 0.3) is 5.56 Å². The third kappa shape index (κ3) is 4.82. The molecular weight excluding hydrogens is 472 g/mol. The Kier molecular flexibility index (Phi) is 6.99. The van der Waals surface area contributed by atoms with Crippen LogP contribution in [-0.2, 0) is 16.1 Å². The summed E-state index contributed by atoms with van der Waals surface area (Å²) in [4.78, 5) is 42.3. The smallest absolute Gasteiger partial charge is 0.338 e. The van der Waals surface area contributed by atoms with Crippen molar-refractivity contribution >= 4 is 51.5 Å². The van der Waals surface area contributed by atoms with Crippen LogP contribution in [-0.4, -0.2) is 32.6 Å². The number of hydrogen-bond donors (Lipinski definition) is 1. The lowest BCUT2D eigenvalue weighted by Crippen LogP contribution is -2.30. The molecule has 1 amide bonds. The molecule has 4 aromatic rings. The molecule has 0 spiro atoms. The number of anilines is 1. The highest BCUT2D eigenvalue weighted by Gasteiger charge is 2.17. The predicted octanol–water partition coefficient (Wildman–Crippen LogP) is 4.49. The number of amides is 1. The average Bonchev–Trinajstić information content (AvgIpc) is 3.17. The molecule has 2 heterocycles. The highest BCUT2D eigenvalue weighted by molar-refractivity contribution is 7.73. The van der Waals surface area contributed by atoms with E-state index in [0.717, 1.165) is 12.1 Å². The molecular formula is C24H22N4O4S2. The number of ether oxygens (including phenoxy) is 1. The third-order valence-electron chi connectivity index (χ3n) is 5.04. The Labute approximate surface area is 204 Å². The molecule has 34 heavy (non-hydrogen) atoms. The van der Waals surface area contributed by atoms with Crippen LogP contribution < -0.4 is 10.9 Å². The number of thiazole rings is 1. The van der Waals surface area contributed by atoms with Crippen molar-refractivity contribution in [2.75, 3.05) is 11.9 Å². The van der Waals surface area contributed by atoms with Gasteiger partial charge in [0, 0.05) is 11.4 Å². The van der Waals surface area contributed by atoms with Crippen molar-refractivity contribution in [1.29, 1.82) is 0 Å². The van der Waals surface area contributed by atoms with Gasteiger partial charge in [-0.3, -0.25) is 18.7 Å². The van der Waals surface area contributed by atoms with Crippen LogP contribution >= 0.6 is 23.6 Å². The van der Waals surface area contributed by atoms with Crippen molar-refractivity contribution in [3.05, 3.63) is 80.3 Å². The van der Waals surface area contributed by atoms with Crippen molar-refractivity contribution in [3.8, 4) is 5.69 Å². The number of nitrogens with one attached hydrogen (secondary N) is 1. The van der Waals surface area contributed by atoms with E-state index >= 15 is 0 Å². The van der Waals surface area contributed by atoms with E-state index in [4.69, 9.17) is 17.0 Å². The Morgan fingerprint density at radius 3 is 2.50 bits per heavy atom. The first-order valence-corrected chi connectivity index (χ1v) is 11.9. The summed E-state index contributed by atoms with van der Waals surface area (Å²) in [7, 11) is 0. The van der Waals surface area contributed by atoms with Gasteiger partial charge in [-0.05, 0) is 62.0 Å². The SMILES string of the molecule is CCCOC(=O)c1ccc(NC(=O)Cn2c(C)nc3c(sc(=S)n3-c3ccccc3)c2=O)cc1. The second kappa shape index (κ2) is 10.1. The number of nitrogens with zero attached hydrogens (tertiary/aromatic N) is 3. The van der Waals surface area contributed by atoms with Crippen molar-refractivity contribution in [2.24, 2.45) is 0 Å². The van der Waals surface area contributed by atoms with Crippen LogP contribution in [0.2, 0.25) is 0 Å². The second-order valence-corrected chi connectivity index (χ2v) is 9.15. The quantitative estimate of drug-likeness (QED) is 0.300. The number of benzene rings is 2. The number of carbonyl (C=O) groups is 2. The minimum Gasteiger partial charge on any atom is -0.462 e. The maximum atomic E-state index is 13.2. The van der Waals surface area contributed by atoms with Crippen LogP contribution in [0.5, 0.6) is 0 Å². The van der Waals surface area contributed by atoms with Gasteiger partial charge in [0.05, 0.1) is 12.2 Å². The normalized spacial score (nSPS) is 10.9. The summed E-state index contributed by atoms with van der Waals surface area (Å²) in [5.74, 6) is -0.399. The maximum Gasteiger partial charge on any atom is 0.338 e. The van der Waals surface area contributed by atoms with Gasteiger partial charge >= 0.3 is 5.97 Å². The summed E-state index contributed by atoms with van der Waals surface area (Å²) in [6.45, 7) is 3.75. The first-order valence-electron chi connectivity index (χ1n) is 10.6. The number of fused-ring (bicyclic) bond motifs is 1. The molecule has 0 bridgehead atoms. The fourth-order valence-electron chi connectivity index (χ4n) is 3.39. The fourth-order valence-corrected chi connectivity index (χ4v) is 4.72. The van der Waals surface area contributed by atoms with E-state index < -0.39 is 11.9 Å². The van der Waals surface area contributed by atoms with E-state index in [0.29, 0.717) is 38.0 Å². The summed E-state index contributed by atoms with van der Waals surface area (Å²) in [5, 5.41) is 2.74. The number of aromatic nitrogens is 3. The van der Waals surface area contributed by atoms with Gasteiger partial charge in [-0.1, -0.05) is 36.5 Å². The summed E-state index contributed by atoms with van der Waals surface area (Å²) in [5.41, 5.74) is 1.88. The number of rotatable bonds is 7. The van der Waals surface area contributed by atoms with Gasteiger partial charge < -0.3 is 10.1 Å². The number of hydrogen-bond acceptors (Lipinski definition) is 7. The van der Waals surface area contributed by atoms with Crippen LogP contribution in [0.4, 0.5) is 5.69 Å². The van der Waals surface area contributed by atoms with Crippen LogP contribution in [0.25, 0.3) is 16.0 Å². The highest BCUT2D eigenvalue weighted by atomic mass is 32.1. The van der Waals surface area contributed by atoms with Gasteiger partial charge in [-0.15, -0.1) is 0 Å². The van der Waals surface area contributed by atoms with Gasteiger partial charge in [-0.25, -0.2) is 9.78 Å². The van der Waals surface area contributed by atoms with Crippen molar-refractivity contribution < 1.29 is 14.3 Å². The van der Waals surface area contributed by atoms with Crippen LogP contribution in [0.3, 0.4) is 0 Å². The largest absolute Gasteiger partial charge is 0.462 e. The fraction of sp³-hybridized carbons (Fsp3) is 0.208. The number of para-hydroxylation sites is 1. The third-order valence-corrected chi connectivity index (χ3v) is 6.39. The lowest BCUT2D eigenvalue weighted by molar-refractivity contribution is -0.116.